The molecule has 2 rings (SSSR count). The van der Waals surface area contributed by atoms with Gasteiger partial charge in [-0.05, 0) is 43.3 Å². The molecule has 0 spiro atoms. The largest absolute Gasteiger partial charge is 0.457 e. The number of ether oxygens (including phenoxy) is 1. The molecule has 2 aliphatic rings. The summed E-state index contributed by atoms with van der Waals surface area (Å²) in [7, 11) is 0. The summed E-state index contributed by atoms with van der Waals surface area (Å²) in [5, 5.41) is 0. The second-order valence-corrected chi connectivity index (χ2v) is 6.79. The molecule has 0 aromatic rings. The lowest BCUT2D eigenvalue weighted by atomic mass is 10.1. The fraction of sp³-hybridized carbons (Fsp3) is 0.556. The highest BCUT2D eigenvalue weighted by molar-refractivity contribution is 6.00. The molecule has 0 heterocycles. The molecule has 22 heavy (non-hydrogen) atoms. The van der Waals surface area contributed by atoms with Crippen LogP contribution in [0.25, 0.3) is 0 Å². The molecule has 0 radical (unpaired) electrons. The van der Waals surface area contributed by atoms with E-state index in [0.717, 1.165) is 5.57 Å². The van der Waals surface area contributed by atoms with E-state index in [1.54, 1.807) is 6.08 Å². The van der Waals surface area contributed by atoms with Crippen molar-refractivity contribution in [2.75, 3.05) is 0 Å². The summed E-state index contributed by atoms with van der Waals surface area (Å²) in [6.07, 6.45) is 3.38. The maximum absolute atomic E-state index is 13.1. The molecule has 1 saturated carbocycles. The van der Waals surface area contributed by atoms with Crippen LogP contribution in [0, 0.1) is 17.3 Å². The lowest BCUT2D eigenvalue weighted by molar-refractivity contribution is -0.150. The highest BCUT2D eigenvalue weighted by atomic mass is 19.1. The van der Waals surface area contributed by atoms with E-state index in [2.05, 4.69) is 6.58 Å². The first-order valence-electron chi connectivity index (χ1n) is 7.58. The quantitative estimate of drug-likeness (QED) is 0.571. The molecule has 2 aliphatic carbocycles. The molecular formula is C18H23FO3. The van der Waals surface area contributed by atoms with Crippen LogP contribution in [0.3, 0.4) is 0 Å². The smallest absolute Gasteiger partial charge is 0.310 e. The molecule has 120 valence electrons. The number of halogens is 1. The van der Waals surface area contributed by atoms with Crippen LogP contribution in [0.2, 0.25) is 0 Å². The van der Waals surface area contributed by atoms with Crippen LogP contribution >= 0.6 is 0 Å². The van der Waals surface area contributed by atoms with Crippen molar-refractivity contribution in [2.45, 2.75) is 46.6 Å². The van der Waals surface area contributed by atoms with Gasteiger partial charge in [0.05, 0.1) is 18.2 Å². The Kier molecular flexibility index (Phi) is 4.41. The predicted molar refractivity (Wildman–Crippen MR) is 82.6 cm³/mol. The van der Waals surface area contributed by atoms with Gasteiger partial charge in [-0.2, -0.15) is 0 Å². The van der Waals surface area contributed by atoms with Crippen LogP contribution in [0.15, 0.2) is 35.7 Å². The van der Waals surface area contributed by atoms with Crippen LogP contribution < -0.4 is 0 Å². The molecule has 1 fully saturated rings. The molecule has 2 unspecified atom stereocenters. The maximum Gasteiger partial charge on any atom is 0.310 e. The molecule has 0 aliphatic heterocycles. The molecule has 3 nitrogen and oxygen atoms in total. The van der Waals surface area contributed by atoms with Crippen molar-refractivity contribution in [3.8, 4) is 0 Å². The lowest BCUT2D eigenvalue weighted by Gasteiger charge is -2.13. The zero-order valence-corrected chi connectivity index (χ0v) is 13.6. The number of ketones is 1. The summed E-state index contributed by atoms with van der Waals surface area (Å²) in [4.78, 5) is 24.3. The van der Waals surface area contributed by atoms with Crippen molar-refractivity contribution in [1.29, 1.82) is 0 Å². The fourth-order valence-corrected chi connectivity index (χ4v) is 3.31. The van der Waals surface area contributed by atoms with Gasteiger partial charge in [-0.25, -0.2) is 4.39 Å². The van der Waals surface area contributed by atoms with Crippen molar-refractivity contribution in [1.82, 2.24) is 0 Å². The highest BCUT2D eigenvalue weighted by Gasteiger charge is 2.62. The first kappa shape index (κ1) is 16.7. The molecule has 0 N–H and O–H groups in total. The van der Waals surface area contributed by atoms with Crippen LogP contribution in [-0.4, -0.2) is 17.9 Å². The number of rotatable bonds is 5. The zero-order valence-electron chi connectivity index (χ0n) is 13.6. The normalized spacial score (nSPS) is 30.5. The van der Waals surface area contributed by atoms with E-state index < -0.39 is 6.10 Å². The molecule has 0 amide bonds. The highest BCUT2D eigenvalue weighted by Crippen LogP contribution is 2.60. The van der Waals surface area contributed by atoms with Gasteiger partial charge < -0.3 is 4.74 Å². The minimum absolute atomic E-state index is 0.0151. The number of Topliss-reactive ketones (excluding diaryl/α,β-unsaturated/α-hetero) is 1. The Morgan fingerprint density at radius 3 is 2.68 bits per heavy atom. The van der Waals surface area contributed by atoms with Crippen molar-refractivity contribution in [2.24, 2.45) is 17.3 Å². The van der Waals surface area contributed by atoms with Gasteiger partial charge in [0.1, 0.15) is 6.10 Å². The third kappa shape index (κ3) is 2.92. The van der Waals surface area contributed by atoms with E-state index in [-0.39, 0.29) is 41.3 Å². The predicted octanol–water partition coefficient (Wildman–Crippen LogP) is 3.91. The Morgan fingerprint density at radius 1 is 1.50 bits per heavy atom. The average molecular weight is 306 g/mol. The van der Waals surface area contributed by atoms with E-state index in [1.807, 2.05) is 20.8 Å². The zero-order chi connectivity index (χ0) is 16.7. The summed E-state index contributed by atoms with van der Waals surface area (Å²) in [6.45, 7) is 10.7. The van der Waals surface area contributed by atoms with Crippen molar-refractivity contribution in [3.05, 3.63) is 35.7 Å². The third-order valence-electron chi connectivity index (χ3n) is 4.85. The molecule has 0 aromatic carbocycles. The van der Waals surface area contributed by atoms with Crippen LogP contribution in [0.1, 0.15) is 40.5 Å². The molecule has 0 saturated heterocycles. The second kappa shape index (κ2) is 5.82. The van der Waals surface area contributed by atoms with Crippen molar-refractivity contribution < 1.29 is 18.7 Å². The SMILES string of the molecule is C=CCC1=C(C)[C@@H](OC(=O)C2C(/C=C(\C)F)C2(C)C)CC1=O. The van der Waals surface area contributed by atoms with Gasteiger partial charge in [-0.15, -0.1) is 6.58 Å². The number of carbonyl (C=O) groups is 2. The number of allylic oxidation sites excluding steroid dienone is 4. The summed E-state index contributed by atoms with van der Waals surface area (Å²) in [6, 6.07) is 0. The lowest BCUT2D eigenvalue weighted by Crippen LogP contribution is -2.20. The monoisotopic (exact) mass is 306 g/mol. The van der Waals surface area contributed by atoms with Gasteiger partial charge in [0.25, 0.3) is 0 Å². The van der Waals surface area contributed by atoms with Crippen LogP contribution in [-0.2, 0) is 14.3 Å². The number of esters is 1. The summed E-state index contributed by atoms with van der Waals surface area (Å²) < 4.78 is 18.6. The van der Waals surface area contributed by atoms with Gasteiger partial charge in [0, 0.05) is 5.57 Å². The molecule has 0 aromatic heterocycles. The van der Waals surface area contributed by atoms with Crippen LogP contribution in [0.4, 0.5) is 4.39 Å². The number of carbonyl (C=O) groups excluding carboxylic acids is 2. The van der Waals surface area contributed by atoms with E-state index in [0.29, 0.717) is 12.0 Å². The van der Waals surface area contributed by atoms with Gasteiger partial charge in [0.15, 0.2) is 5.78 Å². The first-order chi connectivity index (χ1) is 10.2. The fourth-order valence-electron chi connectivity index (χ4n) is 3.31. The Hall–Kier alpha value is -1.71. The topological polar surface area (TPSA) is 43.4 Å². The maximum atomic E-state index is 13.1. The standard InChI is InChI=1S/C18H23FO3/c1-6-7-12-11(3)15(9-14(12)20)22-17(21)16-13(8-10(2)19)18(16,4)5/h6,8,13,15-16H,1,7,9H2,2-5H3/b10-8+/t13?,15-,16?/m0/s1. The summed E-state index contributed by atoms with van der Waals surface area (Å²) in [5.41, 5.74) is 1.21. The number of hydrogen-bond donors (Lipinski definition) is 0. The number of hydrogen-bond acceptors (Lipinski definition) is 3. The van der Waals surface area contributed by atoms with E-state index in [4.69, 9.17) is 4.74 Å². The van der Waals surface area contributed by atoms with Gasteiger partial charge in [-0.3, -0.25) is 9.59 Å². The minimum Gasteiger partial charge on any atom is -0.457 e. The third-order valence-corrected chi connectivity index (χ3v) is 4.85. The van der Waals surface area contributed by atoms with Crippen molar-refractivity contribution in [3.63, 3.8) is 0 Å². The summed E-state index contributed by atoms with van der Waals surface area (Å²) >= 11 is 0. The first-order valence-corrected chi connectivity index (χ1v) is 7.58. The Balaban J connectivity index is 2.07. The Bertz CT molecular complexity index is 579. The van der Waals surface area contributed by atoms with Crippen molar-refractivity contribution >= 4 is 11.8 Å². The van der Waals surface area contributed by atoms with Crippen LogP contribution in [0.5, 0.6) is 0 Å². The van der Waals surface area contributed by atoms with Gasteiger partial charge in [0.2, 0.25) is 0 Å². The van der Waals surface area contributed by atoms with E-state index in [1.165, 1.54) is 13.0 Å². The Labute approximate surface area is 130 Å². The van der Waals surface area contributed by atoms with Gasteiger partial charge in [-0.1, -0.05) is 19.9 Å². The minimum atomic E-state index is -0.484. The molecule has 3 atom stereocenters. The summed E-state index contributed by atoms with van der Waals surface area (Å²) in [5.74, 6) is -1.09. The van der Waals surface area contributed by atoms with E-state index in [9.17, 15) is 14.0 Å². The molecule has 0 bridgehead atoms. The average Bonchev–Trinajstić information content (AvgIpc) is 2.83. The second-order valence-electron chi connectivity index (χ2n) is 6.79. The molecular weight excluding hydrogens is 283 g/mol. The van der Waals surface area contributed by atoms with E-state index >= 15 is 0 Å². The Morgan fingerprint density at radius 2 is 2.14 bits per heavy atom. The molecule has 4 heteroatoms. The van der Waals surface area contributed by atoms with Gasteiger partial charge >= 0.3 is 5.97 Å².